The first-order chi connectivity index (χ1) is 9.59. The van der Waals surface area contributed by atoms with Crippen molar-refractivity contribution in [3.8, 4) is 0 Å². The van der Waals surface area contributed by atoms with Gasteiger partial charge >= 0.3 is 0 Å². The largest absolute Gasteiger partial charge is 0.371 e. The van der Waals surface area contributed by atoms with Crippen LogP contribution in [-0.2, 0) is 0 Å². The molecule has 0 aliphatic carbocycles. The molecule has 0 saturated carbocycles. The van der Waals surface area contributed by atoms with Gasteiger partial charge in [0.05, 0.1) is 5.52 Å². The van der Waals surface area contributed by atoms with Gasteiger partial charge < -0.3 is 15.5 Å². The van der Waals surface area contributed by atoms with E-state index in [1.807, 2.05) is 19.2 Å². The summed E-state index contributed by atoms with van der Waals surface area (Å²) in [6, 6.07) is 4.05. The van der Waals surface area contributed by atoms with Crippen molar-refractivity contribution >= 4 is 22.7 Å². The minimum absolute atomic E-state index is 0.105. The Morgan fingerprint density at radius 1 is 1.30 bits per heavy atom. The van der Waals surface area contributed by atoms with Crippen LogP contribution < -0.4 is 15.5 Å². The van der Waals surface area contributed by atoms with Crippen molar-refractivity contribution in [2.24, 2.45) is 0 Å². The normalized spacial score (nSPS) is 18.2. The summed E-state index contributed by atoms with van der Waals surface area (Å²) in [5, 5.41) is 6.58. The van der Waals surface area contributed by atoms with Crippen LogP contribution in [0.15, 0.2) is 18.5 Å². The fourth-order valence-electron chi connectivity index (χ4n) is 2.63. The van der Waals surface area contributed by atoms with Crippen molar-refractivity contribution in [3.05, 3.63) is 18.5 Å². The van der Waals surface area contributed by atoms with Crippen molar-refractivity contribution in [1.82, 2.24) is 20.3 Å². The Morgan fingerprint density at radius 3 is 2.90 bits per heavy atom. The molecule has 20 heavy (non-hydrogen) atoms. The van der Waals surface area contributed by atoms with Gasteiger partial charge in [0.1, 0.15) is 17.7 Å². The third-order valence-corrected chi connectivity index (χ3v) is 3.60. The van der Waals surface area contributed by atoms with Gasteiger partial charge in [0.15, 0.2) is 5.82 Å². The van der Waals surface area contributed by atoms with Crippen molar-refractivity contribution < 1.29 is 0 Å². The average Bonchev–Trinajstić information content (AvgIpc) is 2.45. The molecule has 3 rings (SSSR count). The zero-order valence-electron chi connectivity index (χ0n) is 12.1. The molecule has 1 fully saturated rings. The highest BCUT2D eigenvalue weighted by Gasteiger charge is 2.26. The van der Waals surface area contributed by atoms with Gasteiger partial charge in [0.2, 0.25) is 0 Å². The number of hydrogen-bond acceptors (Lipinski definition) is 6. The predicted octanol–water partition coefficient (Wildman–Crippen LogP) is 1.25. The summed E-state index contributed by atoms with van der Waals surface area (Å²) in [6.07, 6.45) is 1.56. The summed E-state index contributed by atoms with van der Waals surface area (Å²) in [5.74, 6) is 1.75. The Labute approximate surface area is 118 Å². The molecule has 6 heteroatoms. The van der Waals surface area contributed by atoms with E-state index in [2.05, 4.69) is 39.3 Å². The fraction of sp³-hybridized carbons (Fsp3) is 0.500. The molecule has 0 atom stereocenters. The van der Waals surface area contributed by atoms with Gasteiger partial charge in [-0.2, -0.15) is 0 Å². The van der Waals surface area contributed by atoms with Gasteiger partial charge in [-0.3, -0.25) is 0 Å². The molecule has 0 spiro atoms. The van der Waals surface area contributed by atoms with E-state index >= 15 is 0 Å². The number of aromatic nitrogens is 3. The van der Waals surface area contributed by atoms with Crippen LogP contribution in [0.25, 0.3) is 11.0 Å². The maximum absolute atomic E-state index is 4.75. The van der Waals surface area contributed by atoms with E-state index in [0.29, 0.717) is 0 Å². The highest BCUT2D eigenvalue weighted by molar-refractivity contribution is 5.86. The maximum Gasteiger partial charge on any atom is 0.155 e. The molecule has 0 bridgehead atoms. The second kappa shape index (κ2) is 4.86. The number of piperazine rings is 1. The molecule has 6 nitrogen and oxygen atoms in total. The standard InChI is InChI=1S/C14H20N6/c1-14(2)8-20(7-6-18-14)11-5-4-10-12(19-11)13(15-3)17-9-16-10/h4-5,9,18H,6-8H2,1-3H3,(H,15,16,17). The number of nitrogens with one attached hydrogen (secondary N) is 2. The molecule has 1 saturated heterocycles. The van der Waals surface area contributed by atoms with Crippen LogP contribution in [0.3, 0.4) is 0 Å². The number of hydrogen-bond donors (Lipinski definition) is 2. The third kappa shape index (κ3) is 2.38. The second-order valence-corrected chi connectivity index (χ2v) is 5.74. The number of nitrogens with zero attached hydrogens (tertiary/aromatic N) is 4. The van der Waals surface area contributed by atoms with Crippen molar-refractivity contribution in [2.45, 2.75) is 19.4 Å². The molecule has 1 aliphatic rings. The van der Waals surface area contributed by atoms with Crippen LogP contribution in [-0.4, -0.2) is 47.2 Å². The summed E-state index contributed by atoms with van der Waals surface area (Å²) < 4.78 is 0. The first kappa shape index (κ1) is 13.1. The van der Waals surface area contributed by atoms with Crippen LogP contribution in [0.5, 0.6) is 0 Å². The number of rotatable bonds is 2. The molecule has 2 N–H and O–H groups in total. The smallest absolute Gasteiger partial charge is 0.155 e. The molecular weight excluding hydrogens is 252 g/mol. The maximum atomic E-state index is 4.75. The molecule has 0 radical (unpaired) electrons. The Morgan fingerprint density at radius 2 is 2.15 bits per heavy atom. The number of pyridine rings is 1. The highest BCUT2D eigenvalue weighted by atomic mass is 15.3. The van der Waals surface area contributed by atoms with Gasteiger partial charge in [-0.1, -0.05) is 0 Å². The molecule has 3 heterocycles. The summed E-state index contributed by atoms with van der Waals surface area (Å²) in [5.41, 5.74) is 1.79. The first-order valence-corrected chi connectivity index (χ1v) is 6.88. The van der Waals surface area contributed by atoms with Crippen molar-refractivity contribution in [2.75, 3.05) is 36.9 Å². The van der Waals surface area contributed by atoms with Crippen LogP contribution in [0.4, 0.5) is 11.6 Å². The minimum Gasteiger partial charge on any atom is -0.371 e. The second-order valence-electron chi connectivity index (χ2n) is 5.74. The number of anilines is 2. The molecule has 0 amide bonds. The van der Waals surface area contributed by atoms with E-state index in [0.717, 1.165) is 42.3 Å². The summed E-state index contributed by atoms with van der Waals surface area (Å²) >= 11 is 0. The van der Waals surface area contributed by atoms with E-state index < -0.39 is 0 Å². The zero-order valence-corrected chi connectivity index (χ0v) is 12.1. The van der Waals surface area contributed by atoms with E-state index in [1.165, 1.54) is 0 Å². The predicted molar refractivity (Wildman–Crippen MR) is 81.2 cm³/mol. The van der Waals surface area contributed by atoms with Crippen molar-refractivity contribution in [1.29, 1.82) is 0 Å². The van der Waals surface area contributed by atoms with E-state index in [4.69, 9.17) is 4.98 Å². The Bertz CT molecular complexity index is 624. The van der Waals surface area contributed by atoms with E-state index in [9.17, 15) is 0 Å². The Hall–Kier alpha value is -1.95. The molecule has 2 aromatic rings. The fourth-order valence-corrected chi connectivity index (χ4v) is 2.63. The Kier molecular flexibility index (Phi) is 3.17. The van der Waals surface area contributed by atoms with E-state index in [-0.39, 0.29) is 5.54 Å². The lowest BCUT2D eigenvalue weighted by molar-refractivity contribution is 0.352. The van der Waals surface area contributed by atoms with E-state index in [1.54, 1.807) is 6.33 Å². The topological polar surface area (TPSA) is 66.0 Å². The average molecular weight is 272 g/mol. The molecule has 0 aromatic carbocycles. The van der Waals surface area contributed by atoms with Crippen LogP contribution in [0.2, 0.25) is 0 Å². The van der Waals surface area contributed by atoms with Crippen LogP contribution >= 0.6 is 0 Å². The zero-order chi connectivity index (χ0) is 14.2. The molecule has 2 aromatic heterocycles. The first-order valence-electron chi connectivity index (χ1n) is 6.88. The van der Waals surface area contributed by atoms with Gasteiger partial charge in [0, 0.05) is 32.2 Å². The lowest BCUT2D eigenvalue weighted by atomic mass is 10.0. The SMILES string of the molecule is CNc1ncnc2ccc(N3CCNC(C)(C)C3)nc12. The summed E-state index contributed by atoms with van der Waals surface area (Å²) in [4.78, 5) is 15.5. The summed E-state index contributed by atoms with van der Waals surface area (Å²) in [7, 11) is 1.85. The lowest BCUT2D eigenvalue weighted by Crippen LogP contribution is -2.57. The van der Waals surface area contributed by atoms with Crippen LogP contribution in [0, 0.1) is 0 Å². The molecule has 0 unspecified atom stereocenters. The van der Waals surface area contributed by atoms with Gasteiger partial charge in [-0.15, -0.1) is 0 Å². The minimum atomic E-state index is 0.105. The summed E-state index contributed by atoms with van der Waals surface area (Å²) in [6.45, 7) is 7.29. The lowest BCUT2D eigenvalue weighted by Gasteiger charge is -2.39. The monoisotopic (exact) mass is 272 g/mol. The number of fused-ring (bicyclic) bond motifs is 1. The van der Waals surface area contributed by atoms with Gasteiger partial charge in [-0.25, -0.2) is 15.0 Å². The molecule has 1 aliphatic heterocycles. The highest BCUT2D eigenvalue weighted by Crippen LogP contribution is 2.23. The third-order valence-electron chi connectivity index (χ3n) is 3.60. The molecule has 106 valence electrons. The van der Waals surface area contributed by atoms with Crippen molar-refractivity contribution in [3.63, 3.8) is 0 Å². The Balaban J connectivity index is 2.00. The van der Waals surface area contributed by atoms with Crippen LogP contribution in [0.1, 0.15) is 13.8 Å². The molecular formula is C14H20N6. The quantitative estimate of drug-likeness (QED) is 0.858. The van der Waals surface area contributed by atoms with Gasteiger partial charge in [0.25, 0.3) is 0 Å². The van der Waals surface area contributed by atoms with Gasteiger partial charge in [-0.05, 0) is 26.0 Å².